The SMILES string of the molecule is CC(C)Oc1cc(Oc2ccc(S(C)(=O)=O)cc2)cc(C(=O)Nc2nccs2)c1.Cc1cnc(NC(=O)c2cc(OCCc3ccsc3)cc(OC(C)C)c2)s1. The van der Waals surface area contributed by atoms with Crippen LogP contribution in [0.4, 0.5) is 10.3 Å². The normalized spacial score (nSPS) is 11.1. The van der Waals surface area contributed by atoms with Gasteiger partial charge in [0.05, 0.1) is 23.7 Å². The molecule has 2 amide bonds. The molecule has 3 aromatic carbocycles. The maximum absolute atomic E-state index is 12.6. The fourth-order valence-electron chi connectivity index (χ4n) is 4.88. The first kappa shape index (κ1) is 41.9. The van der Waals surface area contributed by atoms with Gasteiger partial charge in [-0.05, 0) is 106 Å². The van der Waals surface area contributed by atoms with Crippen molar-refractivity contribution < 1.29 is 37.0 Å². The maximum atomic E-state index is 12.6. The van der Waals surface area contributed by atoms with Gasteiger partial charge >= 0.3 is 0 Å². The molecule has 0 fully saturated rings. The molecule has 3 aromatic heterocycles. The first-order valence-electron chi connectivity index (χ1n) is 17.4. The van der Waals surface area contributed by atoms with Gasteiger partial charge in [-0.2, -0.15) is 11.3 Å². The van der Waals surface area contributed by atoms with Crippen LogP contribution in [0.15, 0.2) is 100 Å². The lowest BCUT2D eigenvalue weighted by Gasteiger charge is -2.14. The molecule has 16 heteroatoms. The number of anilines is 2. The van der Waals surface area contributed by atoms with Gasteiger partial charge in [0.1, 0.15) is 28.7 Å². The van der Waals surface area contributed by atoms with Gasteiger partial charge in [-0.1, -0.05) is 0 Å². The molecule has 12 nitrogen and oxygen atoms in total. The number of carbonyl (C=O) groups excluding carboxylic acids is 2. The number of ether oxygens (including phenoxy) is 4. The summed E-state index contributed by atoms with van der Waals surface area (Å²) in [7, 11) is -3.29. The van der Waals surface area contributed by atoms with E-state index in [1.165, 1.54) is 40.4 Å². The van der Waals surface area contributed by atoms with E-state index in [4.69, 9.17) is 18.9 Å². The zero-order valence-corrected chi connectivity index (χ0v) is 34.9. The Morgan fingerprint density at radius 3 is 1.89 bits per heavy atom. The summed E-state index contributed by atoms with van der Waals surface area (Å²) in [6.45, 7) is 10.1. The van der Waals surface area contributed by atoms with Crippen molar-refractivity contribution in [3.05, 3.63) is 117 Å². The highest BCUT2D eigenvalue weighted by molar-refractivity contribution is 7.90. The molecule has 0 atom stereocenters. The lowest BCUT2D eigenvalue weighted by atomic mass is 10.2. The van der Waals surface area contributed by atoms with Crippen LogP contribution in [0.25, 0.3) is 0 Å². The van der Waals surface area contributed by atoms with Crippen LogP contribution in [-0.4, -0.2) is 55.3 Å². The molecule has 0 aliphatic heterocycles. The number of nitrogens with zero attached hydrogens (tertiary/aromatic N) is 2. The summed E-state index contributed by atoms with van der Waals surface area (Å²) in [5.74, 6) is 1.95. The quantitative estimate of drug-likeness (QED) is 0.102. The van der Waals surface area contributed by atoms with Gasteiger partial charge in [-0.25, -0.2) is 18.4 Å². The topological polar surface area (TPSA) is 155 Å². The average molecular weight is 835 g/mol. The number of thiazole rings is 2. The van der Waals surface area contributed by atoms with Crippen molar-refractivity contribution in [2.75, 3.05) is 23.5 Å². The number of aromatic nitrogens is 2. The summed E-state index contributed by atoms with van der Waals surface area (Å²) >= 11 is 4.42. The predicted octanol–water partition coefficient (Wildman–Crippen LogP) is 9.55. The molecule has 0 aliphatic carbocycles. The molecule has 0 bridgehead atoms. The second-order valence-electron chi connectivity index (χ2n) is 12.8. The highest BCUT2D eigenvalue weighted by Crippen LogP contribution is 2.30. The second kappa shape index (κ2) is 19.5. The third-order valence-electron chi connectivity index (χ3n) is 7.25. The van der Waals surface area contributed by atoms with Crippen LogP contribution in [0.3, 0.4) is 0 Å². The molecule has 0 spiro atoms. The summed E-state index contributed by atoms with van der Waals surface area (Å²) in [6.07, 6.45) is 5.21. The fourth-order valence-corrected chi connectivity index (χ4v) is 7.39. The third kappa shape index (κ3) is 13.2. The highest BCUT2D eigenvalue weighted by atomic mass is 32.2. The maximum Gasteiger partial charge on any atom is 0.257 e. The molecule has 0 aliphatic rings. The van der Waals surface area contributed by atoms with Crippen LogP contribution < -0.4 is 29.6 Å². The molecular formula is C40H42N4O8S4. The van der Waals surface area contributed by atoms with Gasteiger partial charge in [-0.3, -0.25) is 20.2 Å². The van der Waals surface area contributed by atoms with E-state index < -0.39 is 9.84 Å². The average Bonchev–Trinajstić information content (AvgIpc) is 3.92. The Labute approximate surface area is 338 Å². The molecule has 3 heterocycles. The van der Waals surface area contributed by atoms with E-state index in [0.29, 0.717) is 56.7 Å². The fraction of sp³-hybridized carbons (Fsp3) is 0.250. The summed E-state index contributed by atoms with van der Waals surface area (Å²) in [5.41, 5.74) is 2.07. The number of rotatable bonds is 15. The van der Waals surface area contributed by atoms with Gasteiger partial charge < -0.3 is 18.9 Å². The largest absolute Gasteiger partial charge is 0.493 e. The molecule has 2 N–H and O–H groups in total. The van der Waals surface area contributed by atoms with E-state index in [1.54, 1.807) is 71.6 Å². The molecule has 0 saturated heterocycles. The second-order valence-corrected chi connectivity index (χ2v) is 17.7. The van der Waals surface area contributed by atoms with Crippen molar-refractivity contribution in [2.24, 2.45) is 0 Å². The van der Waals surface area contributed by atoms with Crippen LogP contribution in [-0.2, 0) is 16.3 Å². The van der Waals surface area contributed by atoms with Crippen molar-refractivity contribution in [3.8, 4) is 28.7 Å². The first-order valence-corrected chi connectivity index (χ1v) is 21.9. The minimum Gasteiger partial charge on any atom is -0.493 e. The number of hydrogen-bond acceptors (Lipinski definition) is 13. The van der Waals surface area contributed by atoms with Gasteiger partial charge in [0.15, 0.2) is 20.1 Å². The van der Waals surface area contributed by atoms with Crippen molar-refractivity contribution in [1.29, 1.82) is 0 Å². The van der Waals surface area contributed by atoms with Crippen LogP contribution in [0.5, 0.6) is 28.7 Å². The predicted molar refractivity (Wildman–Crippen MR) is 222 cm³/mol. The van der Waals surface area contributed by atoms with Gasteiger partial charge in [0.2, 0.25) is 0 Å². The Hall–Kier alpha value is -5.29. The van der Waals surface area contributed by atoms with Gasteiger partial charge in [0, 0.05) is 58.6 Å². The molecule has 294 valence electrons. The first-order chi connectivity index (χ1) is 26.7. The van der Waals surface area contributed by atoms with E-state index in [2.05, 4.69) is 37.4 Å². The van der Waals surface area contributed by atoms with Crippen molar-refractivity contribution in [1.82, 2.24) is 9.97 Å². The van der Waals surface area contributed by atoms with Crippen molar-refractivity contribution in [3.63, 3.8) is 0 Å². The Kier molecular flexibility index (Phi) is 14.6. The standard InChI is InChI=1S/C20H20N2O5S2.C20H22N2O3S2/c1-13(2)26-16-10-14(19(23)22-20-21-8-9-28-20)11-17(12-16)27-15-4-6-18(7-5-15)29(3,24)25;1-13(2)25-18-9-16(19(23)22-20-21-11-14(3)27-20)8-17(10-18)24-6-4-15-5-7-26-12-15/h4-13H,1-3H3,(H,21,22,23);5,7-13H,4,6H2,1-3H3,(H,21,22,23). The smallest absolute Gasteiger partial charge is 0.257 e. The molecular weight excluding hydrogens is 793 g/mol. The molecule has 6 aromatic rings. The number of aryl methyl sites for hydroxylation is 1. The number of hydrogen-bond donors (Lipinski definition) is 2. The Morgan fingerprint density at radius 2 is 1.36 bits per heavy atom. The van der Waals surface area contributed by atoms with Crippen molar-refractivity contribution in [2.45, 2.75) is 58.1 Å². The van der Waals surface area contributed by atoms with Gasteiger partial charge in [-0.15, -0.1) is 22.7 Å². The van der Waals surface area contributed by atoms with Crippen molar-refractivity contribution >= 4 is 65.9 Å². The van der Waals surface area contributed by atoms with Crippen LogP contribution in [0.2, 0.25) is 0 Å². The monoisotopic (exact) mass is 834 g/mol. The molecule has 6 rings (SSSR count). The molecule has 0 saturated carbocycles. The number of benzene rings is 3. The lowest BCUT2D eigenvalue weighted by molar-refractivity contribution is 0.101. The number of nitrogens with one attached hydrogen (secondary N) is 2. The van der Waals surface area contributed by atoms with Crippen LogP contribution in [0.1, 0.15) is 58.9 Å². The Balaban J connectivity index is 0.000000215. The van der Waals surface area contributed by atoms with E-state index in [0.717, 1.165) is 17.6 Å². The molecule has 0 unspecified atom stereocenters. The zero-order chi connectivity index (χ0) is 40.2. The Morgan fingerprint density at radius 1 is 0.750 bits per heavy atom. The van der Waals surface area contributed by atoms with E-state index in [9.17, 15) is 18.0 Å². The zero-order valence-electron chi connectivity index (χ0n) is 31.6. The lowest BCUT2D eigenvalue weighted by Crippen LogP contribution is -2.13. The van der Waals surface area contributed by atoms with Gasteiger partial charge in [0.25, 0.3) is 11.8 Å². The minimum absolute atomic E-state index is 0.00331. The van der Waals surface area contributed by atoms with Crippen LogP contribution >= 0.6 is 34.0 Å². The number of thiophene rings is 1. The number of amides is 2. The summed E-state index contributed by atoms with van der Waals surface area (Å²) in [4.78, 5) is 34.7. The molecule has 0 radical (unpaired) electrons. The Bertz CT molecular complexity index is 2310. The summed E-state index contributed by atoms with van der Waals surface area (Å²) < 4.78 is 46.4. The van der Waals surface area contributed by atoms with Crippen LogP contribution in [0, 0.1) is 6.92 Å². The van der Waals surface area contributed by atoms with E-state index in [1.807, 2.05) is 40.7 Å². The molecule has 56 heavy (non-hydrogen) atoms. The summed E-state index contributed by atoms with van der Waals surface area (Å²) in [6, 6.07) is 18.3. The third-order valence-corrected chi connectivity index (χ3v) is 10.6. The number of carbonyl (C=O) groups is 2. The highest BCUT2D eigenvalue weighted by Gasteiger charge is 2.15. The van der Waals surface area contributed by atoms with E-state index in [-0.39, 0.29) is 28.9 Å². The van der Waals surface area contributed by atoms with E-state index >= 15 is 0 Å². The minimum atomic E-state index is -3.29. The number of sulfone groups is 1. The summed E-state index contributed by atoms with van der Waals surface area (Å²) in [5, 5.41) is 12.5.